The van der Waals surface area contributed by atoms with Crippen LogP contribution in [0.2, 0.25) is 0 Å². The first-order chi connectivity index (χ1) is 16.8. The Balaban J connectivity index is 1.30. The summed E-state index contributed by atoms with van der Waals surface area (Å²) in [6.45, 7) is 3.28. The molecule has 1 fully saturated rings. The molecule has 1 saturated carbocycles. The Morgan fingerprint density at radius 3 is 2.37 bits per heavy atom. The van der Waals surface area contributed by atoms with Gasteiger partial charge in [0.1, 0.15) is 5.82 Å². The molecule has 0 atom stereocenters. The number of nitrogens with zero attached hydrogens (tertiary/aromatic N) is 3. The van der Waals surface area contributed by atoms with Crippen molar-refractivity contribution in [3.63, 3.8) is 0 Å². The van der Waals surface area contributed by atoms with Crippen molar-refractivity contribution < 1.29 is 8.42 Å². The third kappa shape index (κ3) is 6.32. The molecule has 0 saturated heterocycles. The second-order valence-electron chi connectivity index (χ2n) is 9.51. The van der Waals surface area contributed by atoms with Crippen LogP contribution in [0.3, 0.4) is 0 Å². The molecule has 1 heterocycles. The summed E-state index contributed by atoms with van der Waals surface area (Å²) >= 11 is 3.43. The van der Waals surface area contributed by atoms with Gasteiger partial charge >= 0.3 is 0 Å². The number of benzene rings is 2. The largest absolute Gasteiger partial charge is 0.362 e. The molecule has 0 amide bonds. The molecule has 4 rings (SSSR count). The number of hydrogen-bond donors (Lipinski definition) is 2. The van der Waals surface area contributed by atoms with E-state index < -0.39 is 10.0 Å². The average Bonchev–Trinajstić information content (AvgIpc) is 2.86. The van der Waals surface area contributed by atoms with E-state index in [9.17, 15) is 8.42 Å². The van der Waals surface area contributed by atoms with E-state index in [1.807, 2.05) is 56.3 Å². The van der Waals surface area contributed by atoms with Crippen molar-refractivity contribution in [3.8, 4) is 0 Å². The lowest BCUT2D eigenvalue weighted by Crippen LogP contribution is -2.32. The van der Waals surface area contributed by atoms with Gasteiger partial charge in [0.15, 0.2) is 0 Å². The molecule has 3 aromatic rings. The van der Waals surface area contributed by atoms with Gasteiger partial charge < -0.3 is 10.2 Å². The van der Waals surface area contributed by atoms with Crippen LogP contribution in [0.15, 0.2) is 51.8 Å². The quantitative estimate of drug-likeness (QED) is 0.373. The Hall–Kier alpha value is -2.23. The highest BCUT2D eigenvalue weighted by Crippen LogP contribution is 2.30. The van der Waals surface area contributed by atoms with Gasteiger partial charge in [-0.2, -0.15) is 4.98 Å². The lowest BCUT2D eigenvalue weighted by atomic mass is 9.82. The zero-order valence-corrected chi connectivity index (χ0v) is 23.0. The van der Waals surface area contributed by atoms with Gasteiger partial charge in [-0.25, -0.2) is 18.1 Å². The lowest BCUT2D eigenvalue weighted by molar-refractivity contribution is 0.284. The van der Waals surface area contributed by atoms with Gasteiger partial charge in [-0.3, -0.25) is 0 Å². The normalized spacial score (nSPS) is 18.5. The van der Waals surface area contributed by atoms with Crippen molar-refractivity contribution in [3.05, 3.63) is 52.5 Å². The van der Waals surface area contributed by atoms with Crippen LogP contribution in [-0.2, 0) is 16.4 Å². The fraction of sp³-hybridized carbons (Fsp3) is 0.462. The summed E-state index contributed by atoms with van der Waals surface area (Å²) < 4.78 is 29.6. The van der Waals surface area contributed by atoms with E-state index in [0.29, 0.717) is 35.6 Å². The van der Waals surface area contributed by atoms with Crippen molar-refractivity contribution in [2.75, 3.05) is 37.4 Å². The maximum atomic E-state index is 12.9. The van der Waals surface area contributed by atoms with Gasteiger partial charge in [-0.1, -0.05) is 35.0 Å². The number of aryl methyl sites for hydroxylation is 1. The molecule has 9 heteroatoms. The van der Waals surface area contributed by atoms with Gasteiger partial charge in [-0.05, 0) is 79.8 Å². The van der Waals surface area contributed by atoms with Crippen molar-refractivity contribution in [1.29, 1.82) is 0 Å². The van der Waals surface area contributed by atoms with E-state index in [4.69, 9.17) is 9.97 Å². The first kappa shape index (κ1) is 25.9. The topological polar surface area (TPSA) is 87.2 Å². The molecule has 1 aliphatic carbocycles. The van der Waals surface area contributed by atoms with E-state index >= 15 is 0 Å². The zero-order chi connectivity index (χ0) is 25.0. The third-order valence-corrected chi connectivity index (χ3v) is 8.79. The van der Waals surface area contributed by atoms with Crippen LogP contribution in [0.1, 0.15) is 38.2 Å². The Labute approximate surface area is 216 Å². The molecule has 2 N–H and O–H groups in total. The summed E-state index contributed by atoms with van der Waals surface area (Å²) in [6.07, 6.45) is 4.82. The van der Waals surface area contributed by atoms with Gasteiger partial charge in [-0.15, -0.1) is 0 Å². The van der Waals surface area contributed by atoms with Crippen LogP contribution < -0.4 is 14.9 Å². The molecular weight excluding hydrogens is 526 g/mol. The van der Waals surface area contributed by atoms with Crippen LogP contribution in [0.5, 0.6) is 0 Å². The highest BCUT2D eigenvalue weighted by atomic mass is 79.9. The van der Waals surface area contributed by atoms with Gasteiger partial charge in [0.25, 0.3) is 0 Å². The first-order valence-corrected chi connectivity index (χ1v) is 14.5. The van der Waals surface area contributed by atoms with E-state index in [0.717, 1.165) is 59.0 Å². The predicted octanol–water partition coefficient (Wildman–Crippen LogP) is 5.22. The highest BCUT2D eigenvalue weighted by Gasteiger charge is 2.24. The standard InChI is InChI=1S/C26H34BrN5O2S/c1-4-20-15-21(27)13-14-24(20)35(33,34)29-17-19-11-9-18(10-12-19)16-28-26-30-23-8-6-5-7-22(23)25(31-26)32(2)3/h5-8,13-15,18-19,29H,4,9-12,16-17H2,1-3H3,(H,28,30,31)/t18-,19-. The minimum atomic E-state index is -3.51. The third-order valence-electron chi connectivity index (χ3n) is 6.78. The smallest absolute Gasteiger partial charge is 0.240 e. The van der Waals surface area contributed by atoms with E-state index in [-0.39, 0.29) is 0 Å². The summed E-state index contributed by atoms with van der Waals surface area (Å²) in [5.41, 5.74) is 1.76. The Morgan fingerprint density at radius 2 is 1.69 bits per heavy atom. The fourth-order valence-electron chi connectivity index (χ4n) is 4.75. The van der Waals surface area contributed by atoms with Gasteiger partial charge in [0.05, 0.1) is 10.4 Å². The second kappa shape index (κ2) is 11.2. The summed E-state index contributed by atoms with van der Waals surface area (Å²) in [6, 6.07) is 13.4. The minimum Gasteiger partial charge on any atom is -0.362 e. The average molecular weight is 561 g/mol. The first-order valence-electron chi connectivity index (χ1n) is 12.2. The monoisotopic (exact) mass is 559 g/mol. The van der Waals surface area contributed by atoms with Gasteiger partial charge in [0, 0.05) is 37.0 Å². The predicted molar refractivity (Wildman–Crippen MR) is 147 cm³/mol. The van der Waals surface area contributed by atoms with Gasteiger partial charge in [0.2, 0.25) is 16.0 Å². The molecule has 0 aliphatic heterocycles. The number of aromatic nitrogens is 2. The number of halogens is 1. The molecule has 0 spiro atoms. The van der Waals surface area contributed by atoms with Crippen LogP contribution >= 0.6 is 15.9 Å². The summed E-state index contributed by atoms with van der Waals surface area (Å²) in [7, 11) is 0.476. The summed E-state index contributed by atoms with van der Waals surface area (Å²) in [5, 5.41) is 4.49. The molecule has 2 aromatic carbocycles. The molecule has 1 aliphatic rings. The highest BCUT2D eigenvalue weighted by molar-refractivity contribution is 9.10. The molecule has 0 radical (unpaired) electrons. The number of nitrogens with one attached hydrogen (secondary N) is 2. The number of hydrogen-bond acceptors (Lipinski definition) is 6. The molecular formula is C26H34BrN5O2S. The Bertz CT molecular complexity index is 1270. The molecule has 1 aromatic heterocycles. The zero-order valence-electron chi connectivity index (χ0n) is 20.6. The van der Waals surface area contributed by atoms with E-state index in [1.165, 1.54) is 0 Å². The number of sulfonamides is 1. The van der Waals surface area contributed by atoms with Crippen LogP contribution in [0.25, 0.3) is 10.9 Å². The Kier molecular flexibility index (Phi) is 8.29. The maximum Gasteiger partial charge on any atom is 0.240 e. The molecule has 0 bridgehead atoms. The fourth-order valence-corrected chi connectivity index (χ4v) is 6.56. The summed E-state index contributed by atoms with van der Waals surface area (Å²) in [5.74, 6) is 2.45. The van der Waals surface area contributed by atoms with Crippen LogP contribution in [-0.4, -0.2) is 45.6 Å². The van der Waals surface area contributed by atoms with Crippen molar-refractivity contribution >= 4 is 48.6 Å². The number of fused-ring (bicyclic) bond motifs is 1. The van der Waals surface area contributed by atoms with E-state index in [2.05, 4.69) is 26.0 Å². The van der Waals surface area contributed by atoms with Crippen molar-refractivity contribution in [2.24, 2.45) is 11.8 Å². The number of anilines is 2. The molecule has 35 heavy (non-hydrogen) atoms. The lowest BCUT2D eigenvalue weighted by Gasteiger charge is -2.29. The Morgan fingerprint density at radius 1 is 1.00 bits per heavy atom. The van der Waals surface area contributed by atoms with E-state index in [1.54, 1.807) is 12.1 Å². The van der Waals surface area contributed by atoms with Crippen LogP contribution in [0, 0.1) is 11.8 Å². The van der Waals surface area contributed by atoms with Crippen molar-refractivity contribution in [1.82, 2.24) is 14.7 Å². The summed E-state index contributed by atoms with van der Waals surface area (Å²) in [4.78, 5) is 11.8. The number of rotatable bonds is 9. The number of para-hydroxylation sites is 1. The molecule has 0 unspecified atom stereocenters. The second-order valence-corrected chi connectivity index (χ2v) is 12.2. The minimum absolute atomic E-state index is 0.360. The molecule has 7 nitrogen and oxygen atoms in total. The SMILES string of the molecule is CCc1cc(Br)ccc1S(=O)(=O)NC[C@H]1CC[C@H](CNc2nc(N(C)C)c3ccccc3n2)CC1. The van der Waals surface area contributed by atoms with Crippen LogP contribution in [0.4, 0.5) is 11.8 Å². The molecule has 188 valence electrons. The maximum absolute atomic E-state index is 12.9. The van der Waals surface area contributed by atoms with Crippen molar-refractivity contribution in [2.45, 2.75) is 43.9 Å².